The number of carbonyl (C=O) groups is 1. The second-order valence-corrected chi connectivity index (χ2v) is 2.84. The summed E-state index contributed by atoms with van der Waals surface area (Å²) in [6.45, 7) is 0.224. The van der Waals surface area contributed by atoms with Gasteiger partial charge in [-0.25, -0.2) is 0 Å². The Morgan fingerprint density at radius 2 is 2.29 bits per heavy atom. The molecule has 0 aliphatic rings. The number of halogens is 2. The van der Waals surface area contributed by atoms with Crippen molar-refractivity contribution >= 4 is 23.4 Å². The normalized spacial score (nSPS) is 9.21. The number of carboxylic acids is 1. The topological polar surface area (TPSA) is 80.1 Å². The van der Waals surface area contributed by atoms with Crippen molar-refractivity contribution in [3.05, 3.63) is 17.3 Å². The van der Waals surface area contributed by atoms with E-state index in [0.717, 1.165) is 0 Å². The third kappa shape index (κ3) is 3.76. The smallest absolute Gasteiger partial charge is 0.307 e. The molecule has 1 aromatic heterocycles. The standard InChI is InChI=1S/C7H8ClN3O2.ClH/c8-5-1-2-6(9)11(10-5)4-3-7(12)13;/h1-2,9H,3-4H2,(H,12,13);1H. The van der Waals surface area contributed by atoms with E-state index in [1.54, 1.807) is 12.1 Å². The summed E-state index contributed by atoms with van der Waals surface area (Å²) >= 11 is 5.60. The highest BCUT2D eigenvalue weighted by molar-refractivity contribution is 6.29. The van der Waals surface area contributed by atoms with Crippen LogP contribution in [0.5, 0.6) is 0 Å². The minimum Gasteiger partial charge on any atom is -1.00 e. The molecule has 3 N–H and O–H groups in total. The number of aryl methyl sites for hydroxylation is 1. The zero-order valence-corrected chi connectivity index (χ0v) is 8.66. The Morgan fingerprint density at radius 1 is 1.64 bits per heavy atom. The van der Waals surface area contributed by atoms with Crippen LogP contribution in [0.2, 0.25) is 5.15 Å². The average Bonchev–Trinajstić information content (AvgIpc) is 2.06. The average molecular weight is 238 g/mol. The fraction of sp³-hybridized carbons (Fsp3) is 0.286. The highest BCUT2D eigenvalue weighted by Gasteiger charge is 2.08. The van der Waals surface area contributed by atoms with Crippen LogP contribution in [-0.2, 0) is 11.3 Å². The van der Waals surface area contributed by atoms with Crippen LogP contribution in [0.25, 0.3) is 0 Å². The van der Waals surface area contributed by atoms with Crippen molar-refractivity contribution in [3.63, 3.8) is 0 Å². The minimum atomic E-state index is -0.895. The maximum Gasteiger partial charge on any atom is 0.307 e. The fourth-order valence-corrected chi connectivity index (χ4v) is 0.981. The first kappa shape index (κ1) is 12.9. The molecule has 0 radical (unpaired) electrons. The molecule has 0 saturated carbocycles. The summed E-state index contributed by atoms with van der Waals surface area (Å²) < 4.78 is 1.36. The Bertz CT molecular complexity index is 333. The van der Waals surface area contributed by atoms with Crippen LogP contribution in [0.4, 0.5) is 5.82 Å². The molecule has 0 aromatic carbocycles. The van der Waals surface area contributed by atoms with E-state index in [1.165, 1.54) is 4.68 Å². The molecule has 0 bridgehead atoms. The third-order valence-corrected chi connectivity index (χ3v) is 1.64. The fourth-order valence-electron chi connectivity index (χ4n) is 0.827. The van der Waals surface area contributed by atoms with Gasteiger partial charge in [-0.3, -0.25) is 10.5 Å². The Kier molecular flexibility index (Phi) is 5.19. The summed E-state index contributed by atoms with van der Waals surface area (Å²) in [7, 11) is 0. The van der Waals surface area contributed by atoms with Crippen LogP contribution in [-0.4, -0.2) is 16.2 Å². The number of nitrogens with two attached hydrogens (primary N) is 1. The van der Waals surface area contributed by atoms with Gasteiger partial charge in [-0.05, 0) is 6.07 Å². The molecule has 7 heteroatoms. The van der Waals surface area contributed by atoms with Crippen LogP contribution in [0.1, 0.15) is 6.42 Å². The number of carboxylic acid groups (broad SMARTS) is 1. The van der Waals surface area contributed by atoms with E-state index in [9.17, 15) is 4.79 Å². The summed E-state index contributed by atoms with van der Waals surface area (Å²) in [4.78, 5) is 10.3. The van der Waals surface area contributed by atoms with Crippen LogP contribution >= 0.6 is 11.6 Å². The van der Waals surface area contributed by atoms with Gasteiger partial charge in [0.1, 0.15) is 6.54 Å². The molecule has 0 aliphatic carbocycles. The van der Waals surface area contributed by atoms with Gasteiger partial charge >= 0.3 is 5.97 Å². The van der Waals surface area contributed by atoms with Crippen LogP contribution < -0.4 is 22.8 Å². The van der Waals surface area contributed by atoms with Crippen LogP contribution in [0.3, 0.4) is 0 Å². The lowest BCUT2D eigenvalue weighted by Gasteiger charge is -1.98. The van der Waals surface area contributed by atoms with Gasteiger partial charge in [0, 0.05) is 6.07 Å². The van der Waals surface area contributed by atoms with Crippen LogP contribution in [0, 0.1) is 0 Å². The quantitative estimate of drug-likeness (QED) is 0.553. The highest BCUT2D eigenvalue weighted by atomic mass is 35.5. The molecule has 14 heavy (non-hydrogen) atoms. The first-order valence-corrected chi connectivity index (χ1v) is 4.01. The van der Waals surface area contributed by atoms with Gasteiger partial charge in [0.15, 0.2) is 5.15 Å². The molecular formula is C7H9Cl2N3O2. The predicted octanol–water partition coefficient (Wildman–Crippen LogP) is -2.92. The molecule has 0 saturated heterocycles. The van der Waals surface area contributed by atoms with E-state index in [4.69, 9.17) is 22.4 Å². The molecule has 0 fully saturated rings. The molecule has 0 unspecified atom stereocenters. The zero-order chi connectivity index (χ0) is 9.84. The van der Waals surface area contributed by atoms with Crippen molar-refractivity contribution in [1.82, 2.24) is 5.10 Å². The predicted molar refractivity (Wildman–Crippen MR) is 46.1 cm³/mol. The zero-order valence-electron chi connectivity index (χ0n) is 7.15. The molecule has 0 amide bonds. The van der Waals surface area contributed by atoms with E-state index in [1.807, 2.05) is 0 Å². The Morgan fingerprint density at radius 3 is 2.86 bits per heavy atom. The van der Waals surface area contributed by atoms with E-state index >= 15 is 0 Å². The second kappa shape index (κ2) is 5.62. The molecule has 78 valence electrons. The Hall–Kier alpha value is -1.07. The van der Waals surface area contributed by atoms with Crippen molar-refractivity contribution < 1.29 is 27.0 Å². The summed E-state index contributed by atoms with van der Waals surface area (Å²) in [6.07, 6.45) is -0.0256. The molecule has 0 aliphatic heterocycles. The number of hydrogen-bond donors (Lipinski definition) is 2. The first-order valence-electron chi connectivity index (χ1n) is 3.63. The van der Waals surface area contributed by atoms with E-state index in [0.29, 0.717) is 11.0 Å². The number of aliphatic carboxylic acids is 1. The Balaban J connectivity index is 0.00000169. The van der Waals surface area contributed by atoms with Gasteiger partial charge < -0.3 is 17.5 Å². The monoisotopic (exact) mass is 237 g/mol. The summed E-state index contributed by atoms with van der Waals surface area (Å²) in [5, 5.41) is 12.5. The number of anilines is 1. The molecule has 0 atom stereocenters. The maximum absolute atomic E-state index is 10.3. The summed E-state index contributed by atoms with van der Waals surface area (Å²) in [6, 6.07) is 3.13. The lowest BCUT2D eigenvalue weighted by molar-refractivity contribution is -0.739. The second-order valence-electron chi connectivity index (χ2n) is 2.45. The number of hydrogen-bond acceptors (Lipinski definition) is 3. The van der Waals surface area contributed by atoms with Crippen molar-refractivity contribution in [2.45, 2.75) is 13.0 Å². The van der Waals surface area contributed by atoms with Gasteiger partial charge in [0.25, 0.3) is 5.82 Å². The molecule has 1 rings (SSSR count). The van der Waals surface area contributed by atoms with Gasteiger partial charge in [-0.15, -0.1) is 4.68 Å². The van der Waals surface area contributed by atoms with Gasteiger partial charge in [0.05, 0.1) is 6.42 Å². The summed E-state index contributed by atoms with van der Waals surface area (Å²) in [5.74, 6) is -0.501. The van der Waals surface area contributed by atoms with Crippen molar-refractivity contribution in [2.75, 3.05) is 5.73 Å². The maximum atomic E-state index is 10.3. The van der Waals surface area contributed by atoms with Crippen molar-refractivity contribution in [1.29, 1.82) is 0 Å². The van der Waals surface area contributed by atoms with E-state index in [2.05, 4.69) is 5.10 Å². The van der Waals surface area contributed by atoms with Gasteiger partial charge in [-0.1, -0.05) is 16.7 Å². The number of nitrogen functional groups attached to an aromatic ring is 1. The first-order chi connectivity index (χ1) is 6.09. The van der Waals surface area contributed by atoms with E-state index < -0.39 is 5.97 Å². The van der Waals surface area contributed by atoms with Crippen molar-refractivity contribution in [3.8, 4) is 0 Å². The molecule has 1 heterocycles. The van der Waals surface area contributed by atoms with E-state index in [-0.39, 0.29) is 25.4 Å². The molecule has 1 aromatic rings. The largest absolute Gasteiger partial charge is 1.00 e. The SMILES string of the molecule is Nc1ccc(Cl)n[n+]1CCC(=O)O.[Cl-]. The van der Waals surface area contributed by atoms with Crippen LogP contribution in [0.15, 0.2) is 12.1 Å². The van der Waals surface area contributed by atoms with Crippen molar-refractivity contribution in [2.24, 2.45) is 0 Å². The summed E-state index contributed by atoms with van der Waals surface area (Å²) in [5.41, 5.74) is 5.52. The van der Waals surface area contributed by atoms with Gasteiger partial charge in [-0.2, -0.15) is 0 Å². The minimum absolute atomic E-state index is 0. The number of rotatable bonds is 3. The molecule has 0 spiro atoms. The Labute approximate surface area is 91.9 Å². The third-order valence-electron chi connectivity index (χ3n) is 1.44. The van der Waals surface area contributed by atoms with Gasteiger partial charge in [0.2, 0.25) is 0 Å². The highest BCUT2D eigenvalue weighted by Crippen LogP contribution is 2.01. The molecule has 5 nitrogen and oxygen atoms in total. The lowest BCUT2D eigenvalue weighted by atomic mass is 10.4. The number of nitrogens with zero attached hydrogens (tertiary/aromatic N) is 2. The molecular weight excluding hydrogens is 229 g/mol. The number of aromatic nitrogens is 2. The lowest BCUT2D eigenvalue weighted by Crippen LogP contribution is -3.00.